The van der Waals surface area contributed by atoms with E-state index in [1.807, 2.05) is 6.92 Å². The predicted octanol–water partition coefficient (Wildman–Crippen LogP) is 2.68. The van der Waals surface area contributed by atoms with Crippen LogP contribution in [-0.4, -0.2) is 44.0 Å². The van der Waals surface area contributed by atoms with Crippen LogP contribution in [0.2, 0.25) is 10.0 Å². The van der Waals surface area contributed by atoms with E-state index in [4.69, 9.17) is 23.2 Å². The van der Waals surface area contributed by atoms with Gasteiger partial charge in [-0.1, -0.05) is 36.2 Å². The average molecular weight is 436 g/mol. The van der Waals surface area contributed by atoms with E-state index in [0.717, 1.165) is 4.68 Å². The number of hydrogen-bond donors (Lipinski definition) is 1. The lowest BCUT2D eigenvalue weighted by Crippen LogP contribution is -2.41. The third-order valence-electron chi connectivity index (χ3n) is 4.16. The molecule has 0 bridgehead atoms. The highest BCUT2D eigenvalue weighted by Crippen LogP contribution is 2.25. The van der Waals surface area contributed by atoms with E-state index >= 15 is 0 Å². The highest BCUT2D eigenvalue weighted by molar-refractivity contribution is 6.35. The van der Waals surface area contributed by atoms with Gasteiger partial charge in [-0.15, -0.1) is 5.10 Å². The molecule has 0 saturated heterocycles. The summed E-state index contributed by atoms with van der Waals surface area (Å²) in [6.07, 6.45) is 2.23. The Kier molecular flexibility index (Phi) is 6.56. The molecule has 0 atom stereocenters. The maximum absolute atomic E-state index is 12.7. The predicted molar refractivity (Wildman–Crippen MR) is 111 cm³/mol. The number of pyridine rings is 1. The fourth-order valence-corrected chi connectivity index (χ4v) is 3.15. The van der Waals surface area contributed by atoms with Gasteiger partial charge in [0.25, 0.3) is 0 Å². The molecule has 0 aliphatic heterocycles. The Morgan fingerprint density at radius 2 is 2.00 bits per heavy atom. The first-order chi connectivity index (χ1) is 13.9. The molecule has 1 aromatic carbocycles. The van der Waals surface area contributed by atoms with Crippen molar-refractivity contribution >= 4 is 46.4 Å². The second kappa shape index (κ2) is 9.11. The molecule has 29 heavy (non-hydrogen) atoms. The summed E-state index contributed by atoms with van der Waals surface area (Å²) >= 11 is 12.0. The minimum Gasteiger partial charge on any atom is -0.332 e. The van der Waals surface area contributed by atoms with Crippen LogP contribution < -0.4 is 11.0 Å². The van der Waals surface area contributed by atoms with Crippen LogP contribution in [0.4, 0.5) is 5.69 Å². The highest BCUT2D eigenvalue weighted by atomic mass is 35.5. The first-order valence-electron chi connectivity index (χ1n) is 8.96. The van der Waals surface area contributed by atoms with Gasteiger partial charge >= 0.3 is 5.69 Å². The minimum absolute atomic E-state index is 0.183. The van der Waals surface area contributed by atoms with Gasteiger partial charge in [-0.25, -0.2) is 9.48 Å². The Balaban J connectivity index is 1.71. The Labute approximate surface area is 176 Å². The maximum Gasteiger partial charge on any atom is 0.350 e. The smallest absolute Gasteiger partial charge is 0.332 e. The zero-order chi connectivity index (χ0) is 21.0. The van der Waals surface area contributed by atoms with Crippen LogP contribution in [0.3, 0.4) is 0 Å². The molecule has 8 nitrogen and oxygen atoms in total. The normalized spacial score (nSPS) is 10.9. The Bertz CT molecular complexity index is 1110. The van der Waals surface area contributed by atoms with Crippen LogP contribution in [0.15, 0.2) is 47.4 Å². The molecule has 1 N–H and O–H groups in total. The fourth-order valence-electron chi connectivity index (χ4n) is 2.82. The second-order valence-electron chi connectivity index (χ2n) is 6.36. The van der Waals surface area contributed by atoms with Crippen LogP contribution in [0.5, 0.6) is 0 Å². The molecular weight excluding hydrogens is 417 g/mol. The Morgan fingerprint density at radius 3 is 2.72 bits per heavy atom. The van der Waals surface area contributed by atoms with Gasteiger partial charge < -0.3 is 10.2 Å². The minimum atomic E-state index is -0.418. The van der Waals surface area contributed by atoms with Crippen molar-refractivity contribution in [1.29, 1.82) is 0 Å². The van der Waals surface area contributed by atoms with Crippen LogP contribution in [0.1, 0.15) is 13.3 Å². The fraction of sp³-hybridized carbons (Fsp3) is 0.263. The number of aromatic nitrogens is 3. The number of carbonyl (C=O) groups is 2. The average Bonchev–Trinajstić information content (AvgIpc) is 3.00. The summed E-state index contributed by atoms with van der Waals surface area (Å²) in [5.74, 6) is -0.803. The number of carbonyl (C=O) groups excluding carboxylic acids is 2. The molecule has 2 amide bonds. The van der Waals surface area contributed by atoms with E-state index in [9.17, 15) is 14.4 Å². The van der Waals surface area contributed by atoms with Gasteiger partial charge in [-0.3, -0.25) is 14.0 Å². The van der Waals surface area contributed by atoms with Crippen molar-refractivity contribution in [3.05, 3.63) is 63.1 Å². The first kappa shape index (κ1) is 20.9. The molecule has 2 aromatic heterocycles. The Hall–Kier alpha value is -2.84. The summed E-state index contributed by atoms with van der Waals surface area (Å²) in [5.41, 5.74) is 0.394. The number of rotatable bonds is 7. The first-order valence-corrected chi connectivity index (χ1v) is 9.71. The zero-order valence-electron chi connectivity index (χ0n) is 15.6. The van der Waals surface area contributed by atoms with Gasteiger partial charge in [-0.2, -0.15) is 0 Å². The number of amides is 2. The van der Waals surface area contributed by atoms with Crippen molar-refractivity contribution in [2.24, 2.45) is 0 Å². The molecule has 0 aliphatic carbocycles. The number of halogens is 2. The largest absolute Gasteiger partial charge is 0.350 e. The van der Waals surface area contributed by atoms with Gasteiger partial charge in [0.1, 0.15) is 6.54 Å². The van der Waals surface area contributed by atoms with E-state index in [-0.39, 0.29) is 19.0 Å². The van der Waals surface area contributed by atoms with Crippen molar-refractivity contribution in [2.45, 2.75) is 19.9 Å². The second-order valence-corrected chi connectivity index (χ2v) is 7.20. The van der Waals surface area contributed by atoms with Crippen LogP contribution >= 0.6 is 23.2 Å². The maximum atomic E-state index is 12.7. The molecule has 0 radical (unpaired) electrons. The van der Waals surface area contributed by atoms with Crippen molar-refractivity contribution in [3.63, 3.8) is 0 Å². The zero-order valence-corrected chi connectivity index (χ0v) is 17.2. The molecule has 152 valence electrons. The van der Waals surface area contributed by atoms with Gasteiger partial charge in [0.15, 0.2) is 5.65 Å². The molecule has 0 saturated carbocycles. The SMILES string of the molecule is CCCN(CC(=O)Nc1cc(Cl)ccc1Cl)C(=O)Cn1nc2ccccn2c1=O. The number of hydrogen-bond acceptors (Lipinski definition) is 4. The highest BCUT2D eigenvalue weighted by Gasteiger charge is 2.19. The third kappa shape index (κ3) is 4.96. The molecule has 0 unspecified atom stereocenters. The van der Waals surface area contributed by atoms with Crippen LogP contribution in [0, 0.1) is 0 Å². The summed E-state index contributed by atoms with van der Waals surface area (Å²) in [7, 11) is 0. The summed E-state index contributed by atoms with van der Waals surface area (Å²) in [4.78, 5) is 38.9. The summed E-state index contributed by atoms with van der Waals surface area (Å²) < 4.78 is 2.44. The molecule has 0 fully saturated rings. The standard InChI is InChI=1S/C19H19Cl2N5O3/c1-2-8-24(11-17(27)22-15-10-13(20)6-7-14(15)21)18(28)12-26-19(29)25-9-4-3-5-16(25)23-26/h3-7,9-10H,2,8,11-12H2,1H3,(H,22,27). The van der Waals surface area contributed by atoms with E-state index in [0.29, 0.717) is 34.3 Å². The molecule has 2 heterocycles. The molecule has 3 aromatic rings. The number of nitrogens with one attached hydrogen (secondary N) is 1. The summed E-state index contributed by atoms with van der Waals surface area (Å²) in [6.45, 7) is 1.81. The molecular formula is C19H19Cl2N5O3. The van der Waals surface area contributed by atoms with Gasteiger partial charge in [0.05, 0.1) is 17.3 Å². The van der Waals surface area contributed by atoms with Crippen molar-refractivity contribution < 1.29 is 9.59 Å². The van der Waals surface area contributed by atoms with Gasteiger partial charge in [0.2, 0.25) is 11.8 Å². The van der Waals surface area contributed by atoms with E-state index in [2.05, 4.69) is 10.4 Å². The number of benzene rings is 1. The lowest BCUT2D eigenvalue weighted by atomic mass is 10.3. The number of fused-ring (bicyclic) bond motifs is 1. The lowest BCUT2D eigenvalue weighted by molar-refractivity contribution is -0.135. The van der Waals surface area contributed by atoms with Gasteiger partial charge in [-0.05, 0) is 36.8 Å². The quantitative estimate of drug-likeness (QED) is 0.617. The number of anilines is 1. The number of nitrogens with zero attached hydrogens (tertiary/aromatic N) is 4. The van der Waals surface area contributed by atoms with Crippen molar-refractivity contribution in [1.82, 2.24) is 19.1 Å². The van der Waals surface area contributed by atoms with Crippen molar-refractivity contribution in [2.75, 3.05) is 18.4 Å². The topological polar surface area (TPSA) is 88.7 Å². The van der Waals surface area contributed by atoms with E-state index in [1.54, 1.807) is 36.5 Å². The Morgan fingerprint density at radius 1 is 1.21 bits per heavy atom. The summed E-state index contributed by atoms with van der Waals surface area (Å²) in [5, 5.41) is 7.57. The van der Waals surface area contributed by atoms with Crippen LogP contribution in [-0.2, 0) is 16.1 Å². The molecule has 10 heteroatoms. The molecule has 3 rings (SSSR count). The van der Waals surface area contributed by atoms with E-state index in [1.165, 1.54) is 15.4 Å². The van der Waals surface area contributed by atoms with Gasteiger partial charge in [0, 0.05) is 17.8 Å². The third-order valence-corrected chi connectivity index (χ3v) is 4.72. The monoisotopic (exact) mass is 435 g/mol. The van der Waals surface area contributed by atoms with Crippen LogP contribution in [0.25, 0.3) is 5.65 Å². The lowest BCUT2D eigenvalue weighted by Gasteiger charge is -2.21. The summed E-state index contributed by atoms with van der Waals surface area (Å²) in [6, 6.07) is 9.85. The van der Waals surface area contributed by atoms with Crippen molar-refractivity contribution in [3.8, 4) is 0 Å². The molecule has 0 spiro atoms. The molecule has 0 aliphatic rings. The van der Waals surface area contributed by atoms with E-state index < -0.39 is 11.6 Å².